The number of likely N-dealkylation sites (tertiary alicyclic amines) is 1. The van der Waals surface area contributed by atoms with Crippen LogP contribution in [0.2, 0.25) is 0 Å². The van der Waals surface area contributed by atoms with E-state index >= 15 is 0 Å². The Morgan fingerprint density at radius 3 is 2.43 bits per heavy atom. The van der Waals surface area contributed by atoms with E-state index in [1.54, 1.807) is 0 Å². The standard InChI is InChI=1S/C18H38N2O/c1-4-5-6-7-8-9-10-11-17(14-19)20-13-12-16(2)18(15-20)21-3/h16-18H,4-15,19H2,1-3H3. The zero-order valence-electron chi connectivity index (χ0n) is 14.7. The molecule has 0 spiro atoms. The molecule has 1 aliphatic heterocycles. The normalized spacial score (nSPS) is 25.1. The average molecular weight is 299 g/mol. The molecule has 3 atom stereocenters. The maximum atomic E-state index is 6.02. The molecule has 0 amide bonds. The minimum absolute atomic E-state index is 0.391. The van der Waals surface area contributed by atoms with Gasteiger partial charge in [0, 0.05) is 26.2 Å². The molecule has 2 N–H and O–H groups in total. The van der Waals surface area contributed by atoms with Crippen LogP contribution in [0.4, 0.5) is 0 Å². The van der Waals surface area contributed by atoms with Gasteiger partial charge in [0.1, 0.15) is 0 Å². The molecule has 1 aliphatic rings. The highest BCUT2D eigenvalue weighted by atomic mass is 16.5. The highest BCUT2D eigenvalue weighted by Gasteiger charge is 2.29. The molecule has 3 unspecified atom stereocenters. The predicted octanol–water partition coefficient (Wildman–Crippen LogP) is 3.81. The molecule has 0 radical (unpaired) electrons. The van der Waals surface area contributed by atoms with Crippen LogP contribution in [0.3, 0.4) is 0 Å². The highest BCUT2D eigenvalue weighted by Crippen LogP contribution is 2.22. The Bertz CT molecular complexity index is 247. The van der Waals surface area contributed by atoms with E-state index < -0.39 is 0 Å². The van der Waals surface area contributed by atoms with Crippen molar-refractivity contribution in [3.8, 4) is 0 Å². The fourth-order valence-corrected chi connectivity index (χ4v) is 3.48. The van der Waals surface area contributed by atoms with Gasteiger partial charge in [0.25, 0.3) is 0 Å². The van der Waals surface area contributed by atoms with Crippen molar-refractivity contribution >= 4 is 0 Å². The van der Waals surface area contributed by atoms with Crippen molar-refractivity contribution < 1.29 is 4.74 Å². The van der Waals surface area contributed by atoms with Crippen LogP contribution in [-0.2, 0) is 4.74 Å². The number of hydrogen-bond donors (Lipinski definition) is 1. The van der Waals surface area contributed by atoms with Crippen molar-refractivity contribution in [1.82, 2.24) is 4.90 Å². The number of rotatable bonds is 11. The second-order valence-electron chi connectivity index (χ2n) is 6.83. The number of methoxy groups -OCH3 is 1. The van der Waals surface area contributed by atoms with Crippen molar-refractivity contribution in [2.75, 3.05) is 26.7 Å². The van der Waals surface area contributed by atoms with E-state index in [9.17, 15) is 0 Å². The Labute approximate surface area is 132 Å². The summed E-state index contributed by atoms with van der Waals surface area (Å²) in [7, 11) is 1.85. The fraction of sp³-hybridized carbons (Fsp3) is 1.00. The molecule has 0 aliphatic carbocycles. The monoisotopic (exact) mass is 298 g/mol. The molecule has 0 aromatic carbocycles. The molecule has 3 nitrogen and oxygen atoms in total. The molecule has 3 heteroatoms. The molecule has 21 heavy (non-hydrogen) atoms. The van der Waals surface area contributed by atoms with E-state index in [2.05, 4.69) is 18.7 Å². The topological polar surface area (TPSA) is 38.5 Å². The minimum atomic E-state index is 0.391. The smallest absolute Gasteiger partial charge is 0.0724 e. The van der Waals surface area contributed by atoms with Crippen LogP contribution >= 0.6 is 0 Å². The third-order valence-corrected chi connectivity index (χ3v) is 5.15. The predicted molar refractivity (Wildman–Crippen MR) is 91.6 cm³/mol. The Kier molecular flexibility index (Phi) is 10.3. The molecule has 1 saturated heterocycles. The Morgan fingerprint density at radius 2 is 1.81 bits per heavy atom. The molecule has 1 fully saturated rings. The van der Waals surface area contributed by atoms with E-state index in [0.29, 0.717) is 18.1 Å². The van der Waals surface area contributed by atoms with Crippen molar-refractivity contribution in [2.24, 2.45) is 11.7 Å². The van der Waals surface area contributed by atoms with Crippen molar-refractivity contribution in [3.63, 3.8) is 0 Å². The maximum absolute atomic E-state index is 6.02. The summed E-state index contributed by atoms with van der Waals surface area (Å²) in [5.74, 6) is 0.684. The van der Waals surface area contributed by atoms with Crippen LogP contribution in [0.25, 0.3) is 0 Å². The number of nitrogens with two attached hydrogens (primary N) is 1. The number of nitrogens with zero attached hydrogens (tertiary/aromatic N) is 1. The van der Waals surface area contributed by atoms with Gasteiger partial charge in [0.15, 0.2) is 0 Å². The Hall–Kier alpha value is -0.120. The van der Waals surface area contributed by atoms with Crippen LogP contribution in [0.15, 0.2) is 0 Å². The summed E-state index contributed by atoms with van der Waals surface area (Å²) in [6.07, 6.45) is 12.6. The third-order valence-electron chi connectivity index (χ3n) is 5.15. The van der Waals surface area contributed by atoms with Crippen molar-refractivity contribution in [2.45, 2.75) is 83.8 Å². The first kappa shape index (κ1) is 18.9. The number of hydrogen-bond acceptors (Lipinski definition) is 3. The molecular formula is C18H38N2O. The lowest BCUT2D eigenvalue weighted by atomic mass is 9.93. The van der Waals surface area contributed by atoms with E-state index in [1.165, 1.54) is 64.3 Å². The molecular weight excluding hydrogens is 260 g/mol. The SMILES string of the molecule is CCCCCCCCCC(CN)N1CCC(C)C(OC)C1. The molecule has 0 aromatic rings. The number of unbranched alkanes of at least 4 members (excludes halogenated alkanes) is 6. The quantitative estimate of drug-likeness (QED) is 0.589. The largest absolute Gasteiger partial charge is 0.380 e. The van der Waals surface area contributed by atoms with Crippen molar-refractivity contribution in [3.05, 3.63) is 0 Å². The first-order chi connectivity index (χ1) is 10.2. The zero-order chi connectivity index (χ0) is 15.5. The second-order valence-corrected chi connectivity index (χ2v) is 6.83. The summed E-state index contributed by atoms with van der Waals surface area (Å²) in [6.45, 7) is 7.63. The summed E-state index contributed by atoms with van der Waals surface area (Å²) < 4.78 is 5.63. The van der Waals surface area contributed by atoms with Crippen LogP contribution in [-0.4, -0.2) is 43.8 Å². The maximum Gasteiger partial charge on any atom is 0.0724 e. The molecule has 0 aromatic heterocycles. The van der Waals surface area contributed by atoms with E-state index in [-0.39, 0.29) is 0 Å². The van der Waals surface area contributed by atoms with Gasteiger partial charge in [-0.25, -0.2) is 0 Å². The van der Waals surface area contributed by atoms with Gasteiger partial charge in [-0.05, 0) is 25.3 Å². The Morgan fingerprint density at radius 1 is 1.14 bits per heavy atom. The molecule has 126 valence electrons. The van der Waals surface area contributed by atoms with E-state index in [4.69, 9.17) is 10.5 Å². The van der Waals surface area contributed by atoms with Gasteiger partial charge in [-0.2, -0.15) is 0 Å². The van der Waals surface area contributed by atoms with Gasteiger partial charge < -0.3 is 10.5 Å². The van der Waals surface area contributed by atoms with Crippen molar-refractivity contribution in [1.29, 1.82) is 0 Å². The van der Waals surface area contributed by atoms with E-state index in [1.807, 2.05) is 7.11 Å². The highest BCUT2D eigenvalue weighted by molar-refractivity contribution is 4.83. The van der Waals surface area contributed by atoms with Gasteiger partial charge in [-0.15, -0.1) is 0 Å². The van der Waals surface area contributed by atoms with Gasteiger partial charge in [0.05, 0.1) is 6.10 Å². The summed E-state index contributed by atoms with van der Waals surface area (Å²) in [5, 5.41) is 0. The molecule has 1 heterocycles. The minimum Gasteiger partial charge on any atom is -0.380 e. The Balaban J connectivity index is 2.19. The van der Waals surface area contributed by atoms with Gasteiger partial charge in [-0.1, -0.05) is 58.8 Å². The van der Waals surface area contributed by atoms with E-state index in [0.717, 1.165) is 13.1 Å². The number of piperidine rings is 1. The second kappa shape index (κ2) is 11.4. The lowest BCUT2D eigenvalue weighted by Crippen LogP contribution is -2.50. The van der Waals surface area contributed by atoms with Crippen LogP contribution in [0.1, 0.15) is 71.6 Å². The lowest BCUT2D eigenvalue weighted by molar-refractivity contribution is -0.0192. The summed E-state index contributed by atoms with van der Waals surface area (Å²) in [4.78, 5) is 2.57. The first-order valence-electron chi connectivity index (χ1n) is 9.19. The van der Waals surface area contributed by atoms with Gasteiger partial charge in [0.2, 0.25) is 0 Å². The molecule has 1 rings (SSSR count). The molecule has 0 saturated carbocycles. The first-order valence-corrected chi connectivity index (χ1v) is 9.19. The summed E-state index contributed by atoms with van der Waals surface area (Å²) in [5.41, 5.74) is 6.02. The number of ether oxygens (including phenoxy) is 1. The van der Waals surface area contributed by atoms with Crippen LogP contribution in [0, 0.1) is 5.92 Å². The lowest BCUT2D eigenvalue weighted by Gasteiger charge is -2.40. The van der Waals surface area contributed by atoms with Crippen LogP contribution in [0.5, 0.6) is 0 Å². The van der Waals surface area contributed by atoms with Gasteiger partial charge >= 0.3 is 0 Å². The molecule has 0 bridgehead atoms. The van der Waals surface area contributed by atoms with Crippen LogP contribution < -0.4 is 5.73 Å². The average Bonchev–Trinajstić information content (AvgIpc) is 2.51. The summed E-state index contributed by atoms with van der Waals surface area (Å²) in [6, 6.07) is 0.561. The summed E-state index contributed by atoms with van der Waals surface area (Å²) >= 11 is 0. The zero-order valence-corrected chi connectivity index (χ0v) is 14.7. The third kappa shape index (κ3) is 7.12. The fourth-order valence-electron chi connectivity index (χ4n) is 3.48. The van der Waals surface area contributed by atoms with Gasteiger partial charge in [-0.3, -0.25) is 4.90 Å².